The second-order valence-electron chi connectivity index (χ2n) is 13.1. The van der Waals surface area contributed by atoms with Crippen molar-refractivity contribution in [3.63, 3.8) is 0 Å². The van der Waals surface area contributed by atoms with Gasteiger partial charge < -0.3 is 30.2 Å². The smallest absolute Gasteiger partial charge is 0.193 e. The molecule has 1 heterocycles. The van der Waals surface area contributed by atoms with Crippen LogP contribution >= 0.6 is 0 Å². The minimum atomic E-state index is -1.38. The highest BCUT2D eigenvalue weighted by Crippen LogP contribution is 2.70. The number of fused-ring (bicyclic) bond motifs is 7. The Balaban J connectivity index is 1.17. The highest BCUT2D eigenvalue weighted by atomic mass is 16.7. The zero-order valence-electron chi connectivity index (χ0n) is 23.9. The molecule has 42 heavy (non-hydrogen) atoms. The number of hydrogen-bond acceptors (Lipinski definition) is 8. The molecule has 0 radical (unpaired) electrons. The Morgan fingerprint density at radius 3 is 2.48 bits per heavy atom. The number of aliphatic hydroxyl groups is 2. The highest BCUT2D eigenvalue weighted by Gasteiger charge is 2.75. The monoisotopic (exact) mass is 571 g/mol. The zero-order valence-corrected chi connectivity index (χ0v) is 23.9. The minimum Gasteiger partial charge on any atom is -0.457 e. The molecule has 4 N–H and O–H groups in total. The van der Waals surface area contributed by atoms with E-state index in [9.17, 15) is 19.8 Å². The third-order valence-electron chi connectivity index (χ3n) is 11.1. The number of nitrogens with two attached hydrogens (primary N) is 1. The Bertz CT molecular complexity index is 1480. The summed E-state index contributed by atoms with van der Waals surface area (Å²) in [6, 6.07) is 14.5. The molecule has 0 amide bonds. The number of anilines is 1. The third-order valence-corrected chi connectivity index (χ3v) is 11.1. The Hall–Kier alpha value is -3.30. The predicted molar refractivity (Wildman–Crippen MR) is 154 cm³/mol. The van der Waals surface area contributed by atoms with E-state index in [0.29, 0.717) is 30.0 Å². The molecule has 5 aliphatic rings. The van der Waals surface area contributed by atoms with Crippen LogP contribution in [0.4, 0.5) is 5.69 Å². The molecule has 4 fully saturated rings. The van der Waals surface area contributed by atoms with Crippen LogP contribution in [-0.2, 0) is 19.1 Å². The summed E-state index contributed by atoms with van der Waals surface area (Å²) in [4.78, 5) is 25.9. The summed E-state index contributed by atoms with van der Waals surface area (Å²) in [7, 11) is 0. The lowest BCUT2D eigenvalue weighted by Gasteiger charge is -2.59. The number of benzene rings is 2. The van der Waals surface area contributed by atoms with E-state index in [4.69, 9.17) is 19.9 Å². The first-order valence-corrected chi connectivity index (χ1v) is 14.8. The van der Waals surface area contributed by atoms with E-state index in [1.165, 1.54) is 0 Å². The Kier molecular flexibility index (Phi) is 6.30. The first-order valence-electron chi connectivity index (χ1n) is 14.8. The van der Waals surface area contributed by atoms with Crippen LogP contribution in [0.5, 0.6) is 11.5 Å². The largest absolute Gasteiger partial charge is 0.457 e. The molecule has 0 bridgehead atoms. The summed E-state index contributed by atoms with van der Waals surface area (Å²) in [6.45, 7) is 3.50. The summed E-state index contributed by atoms with van der Waals surface area (Å²) >= 11 is 0. The van der Waals surface area contributed by atoms with Crippen LogP contribution in [0.1, 0.15) is 51.4 Å². The van der Waals surface area contributed by atoms with E-state index in [2.05, 4.69) is 6.92 Å². The van der Waals surface area contributed by atoms with Gasteiger partial charge in [0.25, 0.3) is 0 Å². The number of hydrogen-bond donors (Lipinski definition) is 3. The van der Waals surface area contributed by atoms with Crippen molar-refractivity contribution < 1.29 is 34.0 Å². The normalized spacial score (nSPS) is 40.0. The molecule has 0 unspecified atom stereocenters. The molecular weight excluding hydrogens is 534 g/mol. The van der Waals surface area contributed by atoms with Gasteiger partial charge in [-0.05, 0) is 86.1 Å². The van der Waals surface area contributed by atoms with Crippen LogP contribution in [-0.4, -0.2) is 46.2 Å². The fraction of sp³-hybridized carbons (Fsp3) is 0.471. The van der Waals surface area contributed by atoms with E-state index in [1.54, 1.807) is 36.4 Å². The van der Waals surface area contributed by atoms with E-state index in [1.807, 2.05) is 37.3 Å². The lowest BCUT2D eigenvalue weighted by atomic mass is 9.46. The second-order valence-corrected chi connectivity index (χ2v) is 13.1. The Morgan fingerprint density at radius 2 is 1.79 bits per heavy atom. The van der Waals surface area contributed by atoms with Gasteiger partial charge in [-0.1, -0.05) is 37.6 Å². The number of allylic oxidation sites excluding steroid dienone is 4. The standard InChI is InChI=1S/C34H37NO7/c1-32-14-13-22(37)15-20(32)5-12-25-26-16-29-34(28(39)18-36,33(26,2)17-27(38)30(25)32)42-31(41-29)19-3-8-23(9-4-19)40-24-10-6-21(35)7-11-24/h3-4,6-11,13-15,25-27,29-31,36,38H,5,12,16-18,35H2,1-2H3/t25-,26-,27-,29+,30+,31+,32-,33-,34+/m0/s1. The van der Waals surface area contributed by atoms with Gasteiger partial charge in [0.2, 0.25) is 0 Å². The van der Waals surface area contributed by atoms with Gasteiger partial charge in [-0.3, -0.25) is 9.59 Å². The quantitative estimate of drug-likeness (QED) is 0.442. The van der Waals surface area contributed by atoms with Crippen molar-refractivity contribution in [2.75, 3.05) is 12.3 Å². The molecule has 1 saturated heterocycles. The minimum absolute atomic E-state index is 0.00311. The van der Waals surface area contributed by atoms with Crippen molar-refractivity contribution in [2.45, 2.75) is 63.6 Å². The van der Waals surface area contributed by atoms with Gasteiger partial charge >= 0.3 is 0 Å². The number of carbonyl (C=O) groups is 2. The lowest BCUT2D eigenvalue weighted by Crippen LogP contribution is -2.63. The fourth-order valence-corrected chi connectivity index (χ4v) is 9.20. The van der Waals surface area contributed by atoms with Gasteiger partial charge in [0, 0.05) is 28.0 Å². The van der Waals surface area contributed by atoms with Crippen LogP contribution in [0.15, 0.2) is 72.3 Å². The van der Waals surface area contributed by atoms with Crippen molar-refractivity contribution in [2.24, 2.45) is 28.6 Å². The van der Waals surface area contributed by atoms with E-state index in [0.717, 1.165) is 24.0 Å². The summed E-state index contributed by atoms with van der Waals surface area (Å²) in [5.41, 5.74) is 5.71. The molecule has 2 aromatic rings. The van der Waals surface area contributed by atoms with Crippen molar-refractivity contribution in [1.29, 1.82) is 0 Å². The molecule has 3 saturated carbocycles. The summed E-state index contributed by atoms with van der Waals surface area (Å²) in [5, 5.41) is 22.0. The van der Waals surface area contributed by atoms with Gasteiger partial charge in [-0.2, -0.15) is 0 Å². The second kappa shape index (κ2) is 9.61. The Morgan fingerprint density at radius 1 is 1.10 bits per heavy atom. The molecule has 2 aromatic carbocycles. The van der Waals surface area contributed by atoms with Crippen molar-refractivity contribution in [3.8, 4) is 11.5 Å². The number of nitrogen functional groups attached to an aromatic ring is 1. The first-order chi connectivity index (χ1) is 20.1. The summed E-state index contributed by atoms with van der Waals surface area (Å²) in [5.74, 6) is 0.973. The average Bonchev–Trinajstić information content (AvgIpc) is 3.47. The first kappa shape index (κ1) is 27.5. The molecule has 0 spiro atoms. The van der Waals surface area contributed by atoms with E-state index >= 15 is 0 Å². The van der Waals surface area contributed by atoms with Gasteiger partial charge in [0.1, 0.15) is 18.1 Å². The van der Waals surface area contributed by atoms with Crippen LogP contribution in [0.3, 0.4) is 0 Å². The van der Waals surface area contributed by atoms with Crippen LogP contribution in [0.25, 0.3) is 0 Å². The number of Topliss-reactive ketones (excluding diaryl/α,β-unsaturated/α-hetero) is 1. The maximum atomic E-state index is 13.7. The van der Waals surface area contributed by atoms with Crippen LogP contribution in [0, 0.1) is 28.6 Å². The molecule has 8 nitrogen and oxygen atoms in total. The van der Waals surface area contributed by atoms with Gasteiger partial charge in [-0.15, -0.1) is 0 Å². The number of carbonyl (C=O) groups excluding carboxylic acids is 2. The number of ketones is 2. The highest BCUT2D eigenvalue weighted by molar-refractivity contribution is 6.01. The average molecular weight is 572 g/mol. The SMILES string of the molecule is C[C@]12C=CC(=O)C=C1CC[C@@H]1[C@@H]2[C@@H](O)C[C@@]2(C)[C@H]1C[C@H]1O[C@@H](c3ccc(Oc4ccc(N)cc4)cc3)O[C@]12C(=O)CO. The number of ether oxygens (including phenoxy) is 3. The van der Waals surface area contributed by atoms with Crippen molar-refractivity contribution in [3.05, 3.63) is 77.9 Å². The molecule has 1 aliphatic heterocycles. The molecule has 220 valence electrons. The Labute approximate surface area is 245 Å². The fourth-order valence-electron chi connectivity index (χ4n) is 9.20. The number of rotatable bonds is 5. The van der Waals surface area contributed by atoms with Crippen LogP contribution in [0.2, 0.25) is 0 Å². The van der Waals surface area contributed by atoms with Gasteiger partial charge in [0.05, 0.1) is 12.2 Å². The lowest BCUT2D eigenvalue weighted by molar-refractivity contribution is -0.201. The molecule has 8 heteroatoms. The molecule has 0 aromatic heterocycles. The van der Waals surface area contributed by atoms with E-state index in [-0.39, 0.29) is 23.5 Å². The number of aliphatic hydroxyl groups excluding tert-OH is 2. The topological polar surface area (TPSA) is 128 Å². The zero-order chi connectivity index (χ0) is 29.4. The molecular formula is C34H37NO7. The maximum Gasteiger partial charge on any atom is 0.193 e. The molecule has 4 aliphatic carbocycles. The molecule has 9 atom stereocenters. The summed E-state index contributed by atoms with van der Waals surface area (Å²) in [6.07, 6.45) is 5.80. The van der Waals surface area contributed by atoms with Gasteiger partial charge in [0.15, 0.2) is 23.5 Å². The van der Waals surface area contributed by atoms with Crippen LogP contribution < -0.4 is 10.5 Å². The maximum absolute atomic E-state index is 13.7. The summed E-state index contributed by atoms with van der Waals surface area (Å²) < 4.78 is 19.1. The predicted octanol–water partition coefficient (Wildman–Crippen LogP) is 4.66. The molecule has 7 rings (SSSR count). The van der Waals surface area contributed by atoms with Gasteiger partial charge in [-0.25, -0.2) is 0 Å². The van der Waals surface area contributed by atoms with E-state index < -0.39 is 47.3 Å². The van der Waals surface area contributed by atoms with Crippen molar-refractivity contribution >= 4 is 17.3 Å². The third kappa shape index (κ3) is 3.82. The van der Waals surface area contributed by atoms with Crippen molar-refractivity contribution in [1.82, 2.24) is 0 Å².